The molecule has 0 aliphatic heterocycles. The van der Waals surface area contributed by atoms with E-state index in [9.17, 15) is 13.2 Å². The van der Waals surface area contributed by atoms with Gasteiger partial charge in [-0.1, -0.05) is 6.07 Å². The number of nitriles is 1. The monoisotopic (exact) mass is 230 g/mol. The summed E-state index contributed by atoms with van der Waals surface area (Å²) >= 11 is 0. The zero-order chi connectivity index (χ0) is 12.3. The third-order valence-corrected chi connectivity index (χ3v) is 2.10. The van der Waals surface area contributed by atoms with Crippen molar-refractivity contribution in [3.63, 3.8) is 0 Å². The first kappa shape index (κ1) is 12.5. The molecular weight excluding hydrogens is 221 g/mol. The van der Waals surface area contributed by atoms with Gasteiger partial charge < -0.3 is 10.8 Å². The number of halogens is 3. The van der Waals surface area contributed by atoms with E-state index in [2.05, 4.69) is 0 Å². The molecule has 0 unspecified atom stereocenters. The Labute approximate surface area is 89.9 Å². The number of hydrogen-bond donors (Lipinski definition) is 2. The van der Waals surface area contributed by atoms with Crippen LogP contribution in [0.1, 0.15) is 22.7 Å². The van der Waals surface area contributed by atoms with E-state index in [0.29, 0.717) is 0 Å². The van der Waals surface area contributed by atoms with Crippen molar-refractivity contribution in [2.24, 2.45) is 5.73 Å². The van der Waals surface area contributed by atoms with Gasteiger partial charge in [0, 0.05) is 0 Å². The van der Waals surface area contributed by atoms with E-state index < -0.39 is 24.4 Å². The summed E-state index contributed by atoms with van der Waals surface area (Å²) in [5.41, 5.74) is 4.58. The van der Waals surface area contributed by atoms with Crippen molar-refractivity contribution in [3.05, 3.63) is 34.9 Å². The molecule has 0 aliphatic rings. The van der Waals surface area contributed by atoms with Crippen molar-refractivity contribution >= 4 is 0 Å². The summed E-state index contributed by atoms with van der Waals surface area (Å²) in [6, 6.07) is 3.46. The zero-order valence-corrected chi connectivity index (χ0v) is 8.12. The Hall–Kier alpha value is -1.58. The molecule has 16 heavy (non-hydrogen) atoms. The maximum atomic E-state index is 12.3. The summed E-state index contributed by atoms with van der Waals surface area (Å²) in [5, 5.41) is 17.5. The Balaban J connectivity index is 3.24. The number of nitrogens with zero attached hydrogens (tertiary/aromatic N) is 1. The van der Waals surface area contributed by atoms with Crippen molar-refractivity contribution in [2.75, 3.05) is 6.61 Å². The Kier molecular flexibility index (Phi) is 3.52. The van der Waals surface area contributed by atoms with Gasteiger partial charge in [0.2, 0.25) is 0 Å². The lowest BCUT2D eigenvalue weighted by molar-refractivity contribution is -0.137. The summed E-state index contributed by atoms with van der Waals surface area (Å²) in [7, 11) is 0. The summed E-state index contributed by atoms with van der Waals surface area (Å²) in [6.45, 7) is -0.431. The molecule has 1 aromatic carbocycles. The van der Waals surface area contributed by atoms with Crippen LogP contribution in [0.4, 0.5) is 13.2 Å². The van der Waals surface area contributed by atoms with E-state index in [0.717, 1.165) is 18.2 Å². The topological polar surface area (TPSA) is 70.0 Å². The van der Waals surface area contributed by atoms with Crippen LogP contribution >= 0.6 is 0 Å². The Morgan fingerprint density at radius 2 is 2.06 bits per heavy atom. The van der Waals surface area contributed by atoms with E-state index in [-0.39, 0.29) is 11.1 Å². The van der Waals surface area contributed by atoms with Crippen molar-refractivity contribution in [3.8, 4) is 6.07 Å². The molecule has 0 bridgehead atoms. The Morgan fingerprint density at radius 1 is 1.44 bits per heavy atom. The summed E-state index contributed by atoms with van der Waals surface area (Å²) < 4.78 is 37.0. The molecule has 1 aromatic rings. The van der Waals surface area contributed by atoms with Crippen LogP contribution in [0.5, 0.6) is 0 Å². The second-order valence-corrected chi connectivity index (χ2v) is 3.20. The fourth-order valence-electron chi connectivity index (χ4n) is 1.25. The highest BCUT2D eigenvalue weighted by molar-refractivity contribution is 5.43. The average molecular weight is 230 g/mol. The van der Waals surface area contributed by atoms with Gasteiger partial charge in [-0.3, -0.25) is 0 Å². The summed E-state index contributed by atoms with van der Waals surface area (Å²) in [5.74, 6) is 0. The normalized spacial score (nSPS) is 13.2. The first-order valence-corrected chi connectivity index (χ1v) is 4.38. The molecule has 6 heteroatoms. The Bertz CT molecular complexity index is 423. The van der Waals surface area contributed by atoms with Crippen LogP contribution in [0.25, 0.3) is 0 Å². The molecule has 0 fully saturated rings. The van der Waals surface area contributed by atoms with E-state index in [1.807, 2.05) is 0 Å². The predicted molar refractivity (Wildman–Crippen MR) is 50.2 cm³/mol. The van der Waals surface area contributed by atoms with Gasteiger partial charge in [0.15, 0.2) is 0 Å². The highest BCUT2D eigenvalue weighted by Crippen LogP contribution is 2.31. The van der Waals surface area contributed by atoms with Crippen LogP contribution in [0, 0.1) is 11.3 Å². The molecule has 0 radical (unpaired) electrons. The van der Waals surface area contributed by atoms with E-state index in [1.54, 1.807) is 6.07 Å². The van der Waals surface area contributed by atoms with Crippen molar-refractivity contribution in [1.82, 2.24) is 0 Å². The molecular formula is C10H9F3N2O. The average Bonchev–Trinajstić information content (AvgIpc) is 2.26. The summed E-state index contributed by atoms with van der Waals surface area (Å²) in [4.78, 5) is 0. The first-order valence-electron chi connectivity index (χ1n) is 4.38. The molecule has 3 nitrogen and oxygen atoms in total. The SMILES string of the molecule is N#Cc1cc(C(F)(F)F)ccc1[C@@H](N)CO. The van der Waals surface area contributed by atoms with Gasteiger partial charge >= 0.3 is 6.18 Å². The number of nitrogens with two attached hydrogens (primary N) is 1. The third-order valence-electron chi connectivity index (χ3n) is 2.10. The largest absolute Gasteiger partial charge is 0.416 e. The predicted octanol–water partition coefficient (Wildman–Crippen LogP) is 1.57. The number of rotatable bonds is 2. The lowest BCUT2D eigenvalue weighted by Gasteiger charge is -2.13. The highest BCUT2D eigenvalue weighted by Gasteiger charge is 2.31. The molecule has 0 aromatic heterocycles. The lowest BCUT2D eigenvalue weighted by atomic mass is 9.99. The molecule has 0 saturated carbocycles. The standard InChI is InChI=1S/C10H9F3N2O/c11-10(12,13)7-1-2-8(9(15)5-16)6(3-7)4-14/h1-3,9,16H,5,15H2/t9-/m0/s1. The summed E-state index contributed by atoms with van der Waals surface area (Å²) in [6.07, 6.45) is -4.49. The first-order chi connectivity index (χ1) is 7.40. The van der Waals surface area contributed by atoms with Crippen LogP contribution < -0.4 is 5.73 Å². The van der Waals surface area contributed by atoms with E-state index in [4.69, 9.17) is 16.1 Å². The minimum Gasteiger partial charge on any atom is -0.394 e. The van der Waals surface area contributed by atoms with Crippen LogP contribution in [-0.4, -0.2) is 11.7 Å². The van der Waals surface area contributed by atoms with Gasteiger partial charge in [0.1, 0.15) is 0 Å². The molecule has 0 amide bonds. The molecule has 1 atom stereocenters. The smallest absolute Gasteiger partial charge is 0.394 e. The van der Waals surface area contributed by atoms with Crippen molar-refractivity contribution < 1.29 is 18.3 Å². The van der Waals surface area contributed by atoms with Crippen molar-refractivity contribution in [2.45, 2.75) is 12.2 Å². The zero-order valence-electron chi connectivity index (χ0n) is 8.12. The fraction of sp³-hybridized carbons (Fsp3) is 0.300. The van der Waals surface area contributed by atoms with Gasteiger partial charge in [0.25, 0.3) is 0 Å². The second-order valence-electron chi connectivity index (χ2n) is 3.20. The third kappa shape index (κ3) is 2.51. The number of aliphatic hydroxyl groups is 1. The van der Waals surface area contributed by atoms with Gasteiger partial charge in [-0.05, 0) is 17.7 Å². The van der Waals surface area contributed by atoms with Crippen LogP contribution in [0.15, 0.2) is 18.2 Å². The second kappa shape index (κ2) is 4.51. The molecule has 86 valence electrons. The molecule has 3 N–H and O–H groups in total. The van der Waals surface area contributed by atoms with Crippen LogP contribution in [0.2, 0.25) is 0 Å². The number of aliphatic hydroxyl groups excluding tert-OH is 1. The van der Waals surface area contributed by atoms with Crippen LogP contribution in [0.3, 0.4) is 0 Å². The minimum absolute atomic E-state index is 0.170. The molecule has 0 spiro atoms. The minimum atomic E-state index is -4.49. The van der Waals surface area contributed by atoms with E-state index in [1.165, 1.54) is 0 Å². The maximum absolute atomic E-state index is 12.3. The van der Waals surface area contributed by atoms with Gasteiger partial charge in [-0.25, -0.2) is 0 Å². The lowest BCUT2D eigenvalue weighted by Crippen LogP contribution is -2.16. The number of hydrogen-bond acceptors (Lipinski definition) is 3. The van der Waals surface area contributed by atoms with Crippen LogP contribution in [-0.2, 0) is 6.18 Å². The number of alkyl halides is 3. The van der Waals surface area contributed by atoms with Gasteiger partial charge in [-0.2, -0.15) is 18.4 Å². The highest BCUT2D eigenvalue weighted by atomic mass is 19.4. The molecule has 0 saturated heterocycles. The molecule has 0 heterocycles. The quantitative estimate of drug-likeness (QED) is 0.810. The van der Waals surface area contributed by atoms with Gasteiger partial charge in [-0.15, -0.1) is 0 Å². The Morgan fingerprint density at radius 3 is 2.50 bits per heavy atom. The van der Waals surface area contributed by atoms with E-state index >= 15 is 0 Å². The number of benzene rings is 1. The molecule has 0 aliphatic carbocycles. The van der Waals surface area contributed by atoms with Crippen molar-refractivity contribution in [1.29, 1.82) is 5.26 Å². The maximum Gasteiger partial charge on any atom is 0.416 e. The fourth-order valence-corrected chi connectivity index (χ4v) is 1.25. The van der Waals surface area contributed by atoms with Gasteiger partial charge in [0.05, 0.1) is 29.8 Å². The molecule has 1 rings (SSSR count).